The molecule has 3 N–H and O–H groups in total. The fourth-order valence-corrected chi connectivity index (χ4v) is 2.81. The second-order valence-electron chi connectivity index (χ2n) is 5.39. The van der Waals surface area contributed by atoms with Crippen LogP contribution in [0.2, 0.25) is 0 Å². The van der Waals surface area contributed by atoms with Crippen molar-refractivity contribution in [2.24, 2.45) is 0 Å². The number of ether oxygens (including phenoxy) is 1. The Kier molecular flexibility index (Phi) is 3.29. The SMILES string of the molecule is COc1cc(-n2c(N)c3c(cc2=O)C(=O)NC3=O)ccc1-n1cnnn1. The zero-order valence-electron chi connectivity index (χ0n) is 13.3. The third-order valence-electron chi connectivity index (χ3n) is 3.97. The number of hydrogen-bond acceptors (Lipinski definition) is 8. The van der Waals surface area contributed by atoms with E-state index in [1.54, 1.807) is 18.2 Å². The summed E-state index contributed by atoms with van der Waals surface area (Å²) in [6.45, 7) is 0. The number of methoxy groups -OCH3 is 1. The number of imide groups is 1. The summed E-state index contributed by atoms with van der Waals surface area (Å²) < 4.78 is 7.86. The second kappa shape index (κ2) is 5.51. The molecule has 130 valence electrons. The van der Waals surface area contributed by atoms with E-state index in [1.165, 1.54) is 18.1 Å². The Morgan fingerprint density at radius 1 is 1.15 bits per heavy atom. The molecule has 3 heterocycles. The van der Waals surface area contributed by atoms with Gasteiger partial charge in [0.2, 0.25) is 0 Å². The Hall–Kier alpha value is -4.02. The van der Waals surface area contributed by atoms with Gasteiger partial charge in [-0.2, -0.15) is 4.68 Å². The van der Waals surface area contributed by atoms with Crippen LogP contribution in [0.4, 0.5) is 5.82 Å². The lowest BCUT2D eigenvalue weighted by Crippen LogP contribution is -2.24. The van der Waals surface area contributed by atoms with E-state index in [4.69, 9.17) is 10.5 Å². The molecule has 0 spiro atoms. The molecule has 11 heteroatoms. The fourth-order valence-electron chi connectivity index (χ4n) is 2.81. The summed E-state index contributed by atoms with van der Waals surface area (Å²) in [6, 6.07) is 5.86. The number of nitrogens with one attached hydrogen (secondary N) is 1. The third kappa shape index (κ3) is 2.14. The number of nitrogens with two attached hydrogens (primary N) is 1. The number of carbonyl (C=O) groups is 2. The van der Waals surface area contributed by atoms with Crippen molar-refractivity contribution in [2.75, 3.05) is 12.8 Å². The van der Waals surface area contributed by atoms with Gasteiger partial charge in [0, 0.05) is 12.1 Å². The van der Waals surface area contributed by atoms with Gasteiger partial charge >= 0.3 is 0 Å². The molecular weight excluding hydrogens is 342 g/mol. The molecule has 0 saturated carbocycles. The Morgan fingerprint density at radius 2 is 1.96 bits per heavy atom. The highest BCUT2D eigenvalue weighted by atomic mass is 16.5. The molecule has 1 aliphatic heterocycles. The van der Waals surface area contributed by atoms with Gasteiger partial charge in [-0.15, -0.1) is 5.10 Å². The van der Waals surface area contributed by atoms with Gasteiger partial charge in [0.05, 0.1) is 23.9 Å². The number of nitrogen functional groups attached to an aromatic ring is 1. The Balaban J connectivity index is 1.92. The summed E-state index contributed by atoms with van der Waals surface area (Å²) in [5.74, 6) is -1.05. The number of tetrazole rings is 1. The average Bonchev–Trinajstić information content (AvgIpc) is 3.23. The molecule has 11 nitrogen and oxygen atoms in total. The van der Waals surface area contributed by atoms with E-state index in [1.807, 2.05) is 0 Å². The molecule has 0 unspecified atom stereocenters. The van der Waals surface area contributed by atoms with E-state index in [9.17, 15) is 14.4 Å². The zero-order chi connectivity index (χ0) is 18.4. The number of pyridine rings is 1. The molecule has 0 bridgehead atoms. The highest BCUT2D eigenvalue weighted by molar-refractivity contribution is 6.23. The van der Waals surface area contributed by atoms with Gasteiger partial charge in [0.1, 0.15) is 23.6 Å². The quantitative estimate of drug-likeness (QED) is 0.587. The predicted octanol–water partition coefficient (Wildman–Crippen LogP) is -0.712. The number of benzene rings is 1. The van der Waals surface area contributed by atoms with E-state index in [-0.39, 0.29) is 16.9 Å². The first-order chi connectivity index (χ1) is 12.5. The summed E-state index contributed by atoms with van der Waals surface area (Å²) in [5, 5.41) is 13.0. The summed E-state index contributed by atoms with van der Waals surface area (Å²) in [4.78, 5) is 36.2. The summed E-state index contributed by atoms with van der Waals surface area (Å²) in [7, 11) is 1.45. The number of hydrogen-bond donors (Lipinski definition) is 2. The number of carbonyl (C=O) groups excluding carboxylic acids is 2. The molecule has 1 aromatic carbocycles. The van der Waals surface area contributed by atoms with Crippen molar-refractivity contribution in [3.8, 4) is 17.1 Å². The molecule has 0 fully saturated rings. The van der Waals surface area contributed by atoms with Gasteiger partial charge in [-0.3, -0.25) is 24.3 Å². The van der Waals surface area contributed by atoms with Gasteiger partial charge in [-0.05, 0) is 22.6 Å². The molecule has 2 amide bonds. The van der Waals surface area contributed by atoms with Crippen LogP contribution in [0, 0.1) is 0 Å². The zero-order valence-corrected chi connectivity index (χ0v) is 13.3. The molecule has 1 aliphatic rings. The van der Waals surface area contributed by atoms with Crippen molar-refractivity contribution in [2.45, 2.75) is 0 Å². The summed E-state index contributed by atoms with van der Waals surface area (Å²) in [5.41, 5.74) is 6.30. The van der Waals surface area contributed by atoms with Crippen LogP contribution >= 0.6 is 0 Å². The Bertz CT molecular complexity index is 1120. The molecule has 4 rings (SSSR count). The van der Waals surface area contributed by atoms with Crippen LogP contribution in [-0.2, 0) is 0 Å². The molecule has 0 aliphatic carbocycles. The van der Waals surface area contributed by atoms with Gasteiger partial charge in [0.25, 0.3) is 17.4 Å². The molecule has 3 aromatic rings. The Labute approximate surface area is 145 Å². The first-order valence-electron chi connectivity index (χ1n) is 7.34. The number of aromatic nitrogens is 5. The van der Waals surface area contributed by atoms with E-state index < -0.39 is 17.4 Å². The smallest absolute Gasteiger partial charge is 0.262 e. The third-order valence-corrected chi connectivity index (χ3v) is 3.97. The first kappa shape index (κ1) is 15.5. The lowest BCUT2D eigenvalue weighted by atomic mass is 10.1. The van der Waals surface area contributed by atoms with Crippen LogP contribution in [0.5, 0.6) is 5.75 Å². The normalized spacial score (nSPS) is 12.8. The van der Waals surface area contributed by atoms with Crippen molar-refractivity contribution in [1.29, 1.82) is 0 Å². The Morgan fingerprint density at radius 3 is 2.65 bits per heavy atom. The van der Waals surface area contributed by atoms with Crippen molar-refractivity contribution in [3.05, 3.63) is 52.1 Å². The number of rotatable bonds is 3. The average molecular weight is 353 g/mol. The molecule has 2 aromatic heterocycles. The van der Waals surface area contributed by atoms with Crippen LogP contribution in [0.3, 0.4) is 0 Å². The standard InChI is InChI=1S/C15H11N7O4/c1-26-10-4-7(2-3-9(10)21-6-17-19-20-21)22-11(23)5-8-12(13(22)16)15(25)18-14(8)24/h2-6H,16H2,1H3,(H,18,24,25). The summed E-state index contributed by atoms with van der Waals surface area (Å²) in [6.07, 6.45) is 1.39. The number of amides is 2. The first-order valence-corrected chi connectivity index (χ1v) is 7.34. The summed E-state index contributed by atoms with van der Waals surface area (Å²) >= 11 is 0. The highest BCUT2D eigenvalue weighted by Gasteiger charge is 2.31. The maximum atomic E-state index is 12.5. The molecule has 26 heavy (non-hydrogen) atoms. The molecular formula is C15H11N7O4. The monoisotopic (exact) mass is 353 g/mol. The molecule has 0 saturated heterocycles. The molecule has 0 atom stereocenters. The van der Waals surface area contributed by atoms with E-state index in [0.717, 1.165) is 10.6 Å². The number of anilines is 1. The topological polar surface area (TPSA) is 147 Å². The lowest BCUT2D eigenvalue weighted by Gasteiger charge is -2.14. The predicted molar refractivity (Wildman–Crippen MR) is 87.5 cm³/mol. The van der Waals surface area contributed by atoms with Crippen molar-refractivity contribution in [1.82, 2.24) is 30.1 Å². The number of fused-ring (bicyclic) bond motifs is 1. The van der Waals surface area contributed by atoms with Crippen molar-refractivity contribution in [3.63, 3.8) is 0 Å². The van der Waals surface area contributed by atoms with Crippen LogP contribution in [0.25, 0.3) is 11.4 Å². The minimum absolute atomic E-state index is 0.0295. The lowest BCUT2D eigenvalue weighted by molar-refractivity contribution is 0.0880. The van der Waals surface area contributed by atoms with Gasteiger partial charge in [-0.25, -0.2) is 0 Å². The second-order valence-corrected chi connectivity index (χ2v) is 5.39. The van der Waals surface area contributed by atoms with Crippen LogP contribution in [0.15, 0.2) is 35.4 Å². The van der Waals surface area contributed by atoms with Gasteiger partial charge in [0.15, 0.2) is 0 Å². The van der Waals surface area contributed by atoms with Crippen LogP contribution in [-0.4, -0.2) is 43.7 Å². The minimum Gasteiger partial charge on any atom is -0.494 e. The van der Waals surface area contributed by atoms with E-state index in [2.05, 4.69) is 20.8 Å². The minimum atomic E-state index is -0.646. The van der Waals surface area contributed by atoms with Crippen LogP contribution < -0.4 is 21.3 Å². The van der Waals surface area contributed by atoms with Crippen molar-refractivity contribution >= 4 is 17.6 Å². The molecule has 0 radical (unpaired) electrons. The van der Waals surface area contributed by atoms with Gasteiger partial charge in [-0.1, -0.05) is 0 Å². The maximum absolute atomic E-state index is 12.5. The highest BCUT2D eigenvalue weighted by Crippen LogP contribution is 2.28. The maximum Gasteiger partial charge on any atom is 0.262 e. The van der Waals surface area contributed by atoms with Crippen LogP contribution in [0.1, 0.15) is 20.7 Å². The van der Waals surface area contributed by atoms with E-state index in [0.29, 0.717) is 17.1 Å². The number of nitrogens with zero attached hydrogens (tertiary/aromatic N) is 5. The van der Waals surface area contributed by atoms with Gasteiger partial charge < -0.3 is 10.5 Å². The largest absolute Gasteiger partial charge is 0.494 e. The van der Waals surface area contributed by atoms with Crippen molar-refractivity contribution < 1.29 is 14.3 Å². The van der Waals surface area contributed by atoms with E-state index >= 15 is 0 Å². The fraction of sp³-hybridized carbons (Fsp3) is 0.0667.